The van der Waals surface area contributed by atoms with Crippen molar-refractivity contribution in [1.82, 2.24) is 15.2 Å². The van der Waals surface area contributed by atoms with Crippen molar-refractivity contribution in [2.24, 2.45) is 0 Å². The van der Waals surface area contributed by atoms with E-state index in [4.69, 9.17) is 5.11 Å². The van der Waals surface area contributed by atoms with Gasteiger partial charge in [-0.05, 0) is 46.2 Å². The molecule has 6 nitrogen and oxygen atoms in total. The number of likely N-dealkylation sites (tertiary alicyclic amines) is 1. The molecule has 21 heavy (non-hydrogen) atoms. The molecule has 1 aliphatic rings. The Morgan fingerprint density at radius 2 is 2.05 bits per heavy atom. The third-order valence-electron chi connectivity index (χ3n) is 4.42. The lowest BCUT2D eigenvalue weighted by Crippen LogP contribution is -2.47. The van der Waals surface area contributed by atoms with Gasteiger partial charge in [0.05, 0.1) is 5.56 Å². The molecule has 1 aromatic heterocycles. The maximum absolute atomic E-state index is 12.4. The quantitative estimate of drug-likeness (QED) is 0.789. The molecule has 0 bridgehead atoms. The maximum atomic E-state index is 12.4. The summed E-state index contributed by atoms with van der Waals surface area (Å²) in [7, 11) is 2.09. The number of hydrogen-bond donors (Lipinski definition) is 3. The molecule has 116 valence electrons. The van der Waals surface area contributed by atoms with Crippen LogP contribution in [-0.2, 0) is 0 Å². The highest BCUT2D eigenvalue weighted by Gasteiger charge is 2.27. The molecule has 0 aliphatic carbocycles. The summed E-state index contributed by atoms with van der Waals surface area (Å²) >= 11 is 0. The Balaban J connectivity index is 2.13. The van der Waals surface area contributed by atoms with Crippen molar-refractivity contribution in [3.63, 3.8) is 0 Å². The summed E-state index contributed by atoms with van der Waals surface area (Å²) in [6.07, 6.45) is 1.83. The number of piperidine rings is 1. The topological polar surface area (TPSA) is 85.4 Å². The number of aromatic nitrogens is 1. The Hall–Kier alpha value is -1.82. The van der Waals surface area contributed by atoms with Gasteiger partial charge in [-0.15, -0.1) is 0 Å². The number of rotatable bonds is 3. The summed E-state index contributed by atoms with van der Waals surface area (Å²) in [5, 5.41) is 12.1. The number of carbonyl (C=O) groups excluding carboxylic acids is 1. The van der Waals surface area contributed by atoms with Crippen molar-refractivity contribution in [3.05, 3.63) is 22.5 Å². The van der Waals surface area contributed by atoms with E-state index in [0.717, 1.165) is 19.4 Å². The largest absolute Gasteiger partial charge is 0.477 e. The third-order valence-corrected chi connectivity index (χ3v) is 4.42. The van der Waals surface area contributed by atoms with Gasteiger partial charge in [0.25, 0.3) is 5.91 Å². The number of aromatic amines is 1. The van der Waals surface area contributed by atoms with Crippen LogP contribution in [0.15, 0.2) is 0 Å². The van der Waals surface area contributed by atoms with Crippen LogP contribution in [0.4, 0.5) is 0 Å². The first-order chi connectivity index (χ1) is 9.81. The number of H-pyrrole nitrogens is 1. The molecule has 3 N–H and O–H groups in total. The molecule has 0 spiro atoms. The minimum absolute atomic E-state index is 0.0920. The lowest BCUT2D eigenvalue weighted by atomic mass is 9.98. The fourth-order valence-corrected chi connectivity index (χ4v) is 2.98. The van der Waals surface area contributed by atoms with Crippen LogP contribution in [0.2, 0.25) is 0 Å². The Bertz CT molecular complexity index is 565. The van der Waals surface area contributed by atoms with E-state index in [-0.39, 0.29) is 17.6 Å². The van der Waals surface area contributed by atoms with E-state index < -0.39 is 5.97 Å². The van der Waals surface area contributed by atoms with Gasteiger partial charge >= 0.3 is 5.97 Å². The Morgan fingerprint density at radius 3 is 2.57 bits per heavy atom. The Labute approximate surface area is 124 Å². The number of carboxylic acids is 1. The van der Waals surface area contributed by atoms with Gasteiger partial charge in [0, 0.05) is 24.3 Å². The average Bonchev–Trinajstić information content (AvgIpc) is 2.69. The van der Waals surface area contributed by atoms with Gasteiger partial charge < -0.3 is 20.3 Å². The van der Waals surface area contributed by atoms with E-state index in [1.54, 1.807) is 13.8 Å². The van der Waals surface area contributed by atoms with Crippen LogP contribution in [-0.4, -0.2) is 52.5 Å². The number of nitrogens with zero attached hydrogens (tertiary/aromatic N) is 1. The zero-order chi connectivity index (χ0) is 15.7. The number of carboxylic acid groups (broad SMARTS) is 1. The second-order valence-electron chi connectivity index (χ2n) is 5.95. The molecule has 2 heterocycles. The Kier molecular flexibility index (Phi) is 4.37. The number of aryl methyl sites for hydroxylation is 1. The molecule has 0 aromatic carbocycles. The molecule has 1 saturated heterocycles. The van der Waals surface area contributed by atoms with Gasteiger partial charge in [0.15, 0.2) is 0 Å². The van der Waals surface area contributed by atoms with Crippen LogP contribution < -0.4 is 5.32 Å². The maximum Gasteiger partial charge on any atom is 0.352 e. The first kappa shape index (κ1) is 15.6. The molecule has 2 atom stereocenters. The van der Waals surface area contributed by atoms with E-state index in [1.165, 1.54) is 0 Å². The molecular weight excluding hydrogens is 270 g/mol. The molecule has 1 aliphatic heterocycles. The first-order valence-electron chi connectivity index (χ1n) is 7.24. The number of nitrogens with one attached hydrogen (secondary N) is 2. The summed E-state index contributed by atoms with van der Waals surface area (Å²) in [4.78, 5) is 28.6. The fourth-order valence-electron chi connectivity index (χ4n) is 2.98. The summed E-state index contributed by atoms with van der Waals surface area (Å²) in [6, 6.07) is 0.581. The number of amides is 1. The zero-order valence-electron chi connectivity index (χ0n) is 13.0. The van der Waals surface area contributed by atoms with Gasteiger partial charge in [-0.1, -0.05) is 0 Å². The standard InChI is InChI=1S/C15H23N3O3/c1-8-7-11(5-6-18(8)4)17-14(19)12-9(2)13(15(20)21)16-10(12)3/h8,11,16H,5-7H2,1-4H3,(H,17,19)(H,20,21). The highest BCUT2D eigenvalue weighted by atomic mass is 16.4. The van der Waals surface area contributed by atoms with Crippen LogP contribution in [0.25, 0.3) is 0 Å². The minimum atomic E-state index is -1.04. The number of hydrogen-bond acceptors (Lipinski definition) is 3. The lowest BCUT2D eigenvalue weighted by molar-refractivity contribution is 0.0690. The van der Waals surface area contributed by atoms with Gasteiger partial charge in [-0.25, -0.2) is 4.79 Å². The summed E-state index contributed by atoms with van der Waals surface area (Å²) in [6.45, 7) is 6.50. The van der Waals surface area contributed by atoms with Crippen molar-refractivity contribution >= 4 is 11.9 Å². The SMILES string of the molecule is Cc1[nH]c(C(=O)O)c(C)c1C(=O)NC1CCN(C)C(C)C1. The van der Waals surface area contributed by atoms with Crippen molar-refractivity contribution < 1.29 is 14.7 Å². The molecule has 0 saturated carbocycles. The van der Waals surface area contributed by atoms with Crippen molar-refractivity contribution in [3.8, 4) is 0 Å². The van der Waals surface area contributed by atoms with Gasteiger partial charge in [-0.3, -0.25) is 4.79 Å². The molecule has 1 fully saturated rings. The van der Waals surface area contributed by atoms with E-state index in [9.17, 15) is 9.59 Å². The molecule has 1 amide bonds. The predicted molar refractivity (Wildman–Crippen MR) is 79.8 cm³/mol. The lowest BCUT2D eigenvalue weighted by Gasteiger charge is -2.35. The van der Waals surface area contributed by atoms with Crippen molar-refractivity contribution in [2.75, 3.05) is 13.6 Å². The van der Waals surface area contributed by atoms with E-state index in [1.807, 2.05) is 0 Å². The smallest absolute Gasteiger partial charge is 0.352 e. The van der Waals surface area contributed by atoms with Gasteiger partial charge in [0.2, 0.25) is 0 Å². The van der Waals surface area contributed by atoms with Crippen molar-refractivity contribution in [1.29, 1.82) is 0 Å². The van der Waals surface area contributed by atoms with Crippen LogP contribution in [0.3, 0.4) is 0 Å². The second kappa shape index (κ2) is 5.89. The second-order valence-corrected chi connectivity index (χ2v) is 5.95. The Morgan fingerprint density at radius 1 is 1.38 bits per heavy atom. The minimum Gasteiger partial charge on any atom is -0.477 e. The summed E-state index contributed by atoms with van der Waals surface area (Å²) in [5.41, 5.74) is 1.65. The van der Waals surface area contributed by atoms with E-state index >= 15 is 0 Å². The van der Waals surface area contributed by atoms with Gasteiger partial charge in [-0.2, -0.15) is 0 Å². The van der Waals surface area contributed by atoms with Crippen LogP contribution in [0.5, 0.6) is 0 Å². The highest BCUT2D eigenvalue weighted by molar-refractivity contribution is 6.00. The van der Waals surface area contributed by atoms with E-state index in [0.29, 0.717) is 22.9 Å². The first-order valence-corrected chi connectivity index (χ1v) is 7.24. The molecule has 2 unspecified atom stereocenters. The predicted octanol–water partition coefficient (Wildman–Crippen LogP) is 1.54. The average molecular weight is 293 g/mol. The highest BCUT2D eigenvalue weighted by Crippen LogP contribution is 2.20. The van der Waals surface area contributed by atoms with E-state index in [2.05, 4.69) is 29.2 Å². The third kappa shape index (κ3) is 3.10. The summed E-state index contributed by atoms with van der Waals surface area (Å²) in [5.74, 6) is -1.22. The number of aromatic carboxylic acids is 1. The zero-order valence-corrected chi connectivity index (χ0v) is 13.0. The molecular formula is C15H23N3O3. The summed E-state index contributed by atoms with van der Waals surface area (Å²) < 4.78 is 0. The van der Waals surface area contributed by atoms with Crippen molar-refractivity contribution in [2.45, 2.75) is 45.7 Å². The fraction of sp³-hybridized carbons (Fsp3) is 0.600. The molecule has 2 rings (SSSR count). The van der Waals surface area contributed by atoms with Crippen LogP contribution >= 0.6 is 0 Å². The number of carbonyl (C=O) groups is 2. The molecule has 6 heteroatoms. The van der Waals surface area contributed by atoms with Crippen LogP contribution in [0.1, 0.15) is 51.9 Å². The van der Waals surface area contributed by atoms with Crippen LogP contribution in [0, 0.1) is 13.8 Å². The molecule has 1 aromatic rings. The van der Waals surface area contributed by atoms with Gasteiger partial charge in [0.1, 0.15) is 5.69 Å². The monoisotopic (exact) mass is 293 g/mol. The normalized spacial score (nSPS) is 23.0. The molecule has 0 radical (unpaired) electrons.